The lowest BCUT2D eigenvalue weighted by Gasteiger charge is -2.21. The second-order valence-corrected chi connectivity index (χ2v) is 5.95. The summed E-state index contributed by atoms with van der Waals surface area (Å²) in [5.74, 6) is -0.100. The van der Waals surface area contributed by atoms with Crippen LogP contribution >= 0.6 is 0 Å². The van der Waals surface area contributed by atoms with E-state index in [1.165, 1.54) is 0 Å². The van der Waals surface area contributed by atoms with Crippen molar-refractivity contribution in [1.82, 2.24) is 5.32 Å². The molecule has 1 aromatic rings. The Balaban J connectivity index is 2.55. The molecule has 21 heavy (non-hydrogen) atoms. The molecule has 0 saturated heterocycles. The topological polar surface area (TPSA) is 95.6 Å². The molecule has 0 radical (unpaired) electrons. The summed E-state index contributed by atoms with van der Waals surface area (Å²) in [6.45, 7) is 6.00. The number of carbonyl (C=O) groups is 1. The number of anilines is 1. The molecule has 1 aromatic carbocycles. The molecule has 5 N–H and O–H groups in total. The van der Waals surface area contributed by atoms with Crippen molar-refractivity contribution in [2.45, 2.75) is 51.9 Å². The molecule has 0 aliphatic rings. The molecular formula is C16H26N2O3. The average molecular weight is 294 g/mol. The van der Waals surface area contributed by atoms with Gasteiger partial charge in [0.2, 0.25) is 0 Å². The van der Waals surface area contributed by atoms with Gasteiger partial charge in [0.15, 0.2) is 6.10 Å². The molecule has 0 heterocycles. The summed E-state index contributed by atoms with van der Waals surface area (Å²) in [7, 11) is 0. The molecule has 0 aliphatic heterocycles. The van der Waals surface area contributed by atoms with Gasteiger partial charge in [0.1, 0.15) is 0 Å². The highest BCUT2D eigenvalue weighted by molar-refractivity contribution is 5.81. The summed E-state index contributed by atoms with van der Waals surface area (Å²) in [5, 5.41) is 22.6. The van der Waals surface area contributed by atoms with Crippen molar-refractivity contribution in [3.8, 4) is 0 Å². The highest BCUT2D eigenvalue weighted by Gasteiger charge is 2.26. The van der Waals surface area contributed by atoms with Crippen LogP contribution in [0.2, 0.25) is 0 Å². The Morgan fingerprint density at radius 2 is 1.86 bits per heavy atom. The van der Waals surface area contributed by atoms with E-state index in [0.29, 0.717) is 17.2 Å². The maximum absolute atomic E-state index is 11.9. The molecule has 1 rings (SSSR count). The molecular weight excluding hydrogens is 268 g/mol. The van der Waals surface area contributed by atoms with Crippen molar-refractivity contribution < 1.29 is 15.0 Å². The molecule has 5 nitrogen and oxygen atoms in total. The largest absolute Gasteiger partial charge is 0.399 e. The van der Waals surface area contributed by atoms with Gasteiger partial charge in [-0.2, -0.15) is 0 Å². The smallest absolute Gasteiger partial charge is 0.251 e. The van der Waals surface area contributed by atoms with Crippen molar-refractivity contribution in [1.29, 1.82) is 0 Å². The number of nitrogens with one attached hydrogen (secondary N) is 1. The van der Waals surface area contributed by atoms with Crippen LogP contribution < -0.4 is 11.1 Å². The summed E-state index contributed by atoms with van der Waals surface area (Å²) < 4.78 is 0. The second-order valence-electron chi connectivity index (χ2n) is 5.95. The van der Waals surface area contributed by atoms with E-state index in [1.807, 2.05) is 6.92 Å². The number of para-hydroxylation sites is 1. The number of aliphatic hydroxyl groups is 2. The number of nitrogens with two attached hydrogens (primary N) is 1. The minimum atomic E-state index is -1.46. The number of carbonyl (C=O) groups excluding carboxylic acids is 1. The van der Waals surface area contributed by atoms with Crippen LogP contribution in [0, 0.1) is 5.92 Å². The van der Waals surface area contributed by atoms with Crippen LogP contribution in [-0.2, 0) is 11.2 Å². The minimum absolute atomic E-state index is 0.0406. The van der Waals surface area contributed by atoms with E-state index < -0.39 is 18.1 Å². The molecule has 0 spiro atoms. The van der Waals surface area contributed by atoms with Gasteiger partial charge in [0, 0.05) is 18.2 Å². The van der Waals surface area contributed by atoms with Crippen LogP contribution in [0.1, 0.15) is 32.8 Å². The van der Waals surface area contributed by atoms with Crippen molar-refractivity contribution in [2.75, 3.05) is 5.73 Å². The lowest BCUT2D eigenvalue weighted by atomic mass is 10.0. The van der Waals surface area contributed by atoms with Gasteiger partial charge in [-0.25, -0.2) is 0 Å². The quantitative estimate of drug-likeness (QED) is 0.566. The Morgan fingerprint density at radius 1 is 1.24 bits per heavy atom. The maximum atomic E-state index is 11.9. The number of benzene rings is 1. The van der Waals surface area contributed by atoms with Crippen LogP contribution in [-0.4, -0.2) is 34.4 Å². The van der Waals surface area contributed by atoms with E-state index in [2.05, 4.69) is 19.2 Å². The van der Waals surface area contributed by atoms with Crippen LogP contribution in [0.25, 0.3) is 0 Å². The molecule has 3 atom stereocenters. The number of amides is 1. The van der Waals surface area contributed by atoms with Crippen molar-refractivity contribution in [2.24, 2.45) is 5.92 Å². The average Bonchev–Trinajstić information content (AvgIpc) is 2.39. The van der Waals surface area contributed by atoms with Gasteiger partial charge in [-0.3, -0.25) is 4.79 Å². The minimum Gasteiger partial charge on any atom is -0.399 e. The Kier molecular flexibility index (Phi) is 6.65. The molecule has 0 aliphatic carbocycles. The summed E-state index contributed by atoms with van der Waals surface area (Å²) in [4.78, 5) is 11.9. The number of hydrogen-bond acceptors (Lipinski definition) is 4. The predicted octanol–water partition coefficient (Wildman–Crippen LogP) is 1.08. The van der Waals surface area contributed by atoms with E-state index in [1.54, 1.807) is 24.3 Å². The van der Waals surface area contributed by atoms with Gasteiger partial charge in [-0.05, 0) is 30.9 Å². The van der Waals surface area contributed by atoms with Gasteiger partial charge in [-0.1, -0.05) is 32.0 Å². The number of hydrogen-bond donors (Lipinski definition) is 4. The normalized spacial score (nSPS) is 15.5. The van der Waals surface area contributed by atoms with Gasteiger partial charge in [0.05, 0.1) is 6.10 Å². The highest BCUT2D eigenvalue weighted by Crippen LogP contribution is 2.14. The van der Waals surface area contributed by atoms with Crippen molar-refractivity contribution in [3.63, 3.8) is 0 Å². The maximum Gasteiger partial charge on any atom is 0.251 e. The zero-order chi connectivity index (χ0) is 16.0. The zero-order valence-corrected chi connectivity index (χ0v) is 12.9. The third-order valence-corrected chi connectivity index (χ3v) is 3.33. The van der Waals surface area contributed by atoms with Crippen LogP contribution in [0.4, 0.5) is 5.69 Å². The Bertz CT molecular complexity index is 463. The van der Waals surface area contributed by atoms with Crippen molar-refractivity contribution in [3.05, 3.63) is 29.8 Å². The Morgan fingerprint density at radius 3 is 2.43 bits per heavy atom. The first-order chi connectivity index (χ1) is 9.81. The standard InChI is InChI=1S/C16H26N2O3/c1-10(2)8-11(3)18-16(21)15(20)14(19)9-12-6-4-5-7-13(12)17/h4-7,10-11,14-15,19-20H,8-9,17H2,1-3H3,(H,18,21)/t11-,14+,15?/m0/s1. The summed E-state index contributed by atoms with van der Waals surface area (Å²) in [6, 6.07) is 7.04. The van der Waals surface area contributed by atoms with Gasteiger partial charge in [-0.15, -0.1) is 0 Å². The van der Waals surface area contributed by atoms with E-state index in [9.17, 15) is 15.0 Å². The highest BCUT2D eigenvalue weighted by atomic mass is 16.3. The van der Waals surface area contributed by atoms with E-state index in [0.717, 1.165) is 6.42 Å². The molecule has 1 unspecified atom stereocenters. The fourth-order valence-corrected chi connectivity index (χ4v) is 2.33. The van der Waals surface area contributed by atoms with Crippen LogP contribution in [0.3, 0.4) is 0 Å². The number of rotatable bonds is 7. The van der Waals surface area contributed by atoms with Gasteiger partial charge < -0.3 is 21.3 Å². The predicted molar refractivity (Wildman–Crippen MR) is 83.6 cm³/mol. The molecule has 0 aromatic heterocycles. The number of nitrogen functional groups attached to an aromatic ring is 1. The Labute approximate surface area is 126 Å². The molecule has 0 bridgehead atoms. The third kappa shape index (κ3) is 5.73. The lowest BCUT2D eigenvalue weighted by molar-refractivity contribution is -0.135. The van der Waals surface area contributed by atoms with Gasteiger partial charge in [0.25, 0.3) is 5.91 Å². The fourth-order valence-electron chi connectivity index (χ4n) is 2.33. The third-order valence-electron chi connectivity index (χ3n) is 3.33. The van der Waals surface area contributed by atoms with Crippen molar-refractivity contribution >= 4 is 11.6 Å². The monoisotopic (exact) mass is 294 g/mol. The molecule has 0 saturated carbocycles. The first kappa shape index (κ1) is 17.5. The second kappa shape index (κ2) is 8.00. The van der Waals surface area contributed by atoms with E-state index in [4.69, 9.17) is 5.73 Å². The molecule has 118 valence electrons. The Hall–Kier alpha value is -1.59. The fraction of sp³-hybridized carbons (Fsp3) is 0.562. The van der Waals surface area contributed by atoms with E-state index >= 15 is 0 Å². The molecule has 0 fully saturated rings. The lowest BCUT2D eigenvalue weighted by Crippen LogP contribution is -2.46. The van der Waals surface area contributed by atoms with Crippen LogP contribution in [0.15, 0.2) is 24.3 Å². The summed E-state index contributed by atoms with van der Waals surface area (Å²) >= 11 is 0. The van der Waals surface area contributed by atoms with E-state index in [-0.39, 0.29) is 12.5 Å². The zero-order valence-electron chi connectivity index (χ0n) is 12.9. The van der Waals surface area contributed by atoms with Gasteiger partial charge >= 0.3 is 0 Å². The first-order valence-electron chi connectivity index (χ1n) is 7.31. The van der Waals surface area contributed by atoms with Crippen LogP contribution in [0.5, 0.6) is 0 Å². The first-order valence-corrected chi connectivity index (χ1v) is 7.31. The molecule has 1 amide bonds. The summed E-state index contributed by atoms with van der Waals surface area (Å²) in [6.07, 6.45) is -1.68. The molecule has 5 heteroatoms. The number of aliphatic hydroxyl groups excluding tert-OH is 2. The SMILES string of the molecule is CC(C)C[C@H](C)NC(=O)C(O)[C@H](O)Cc1ccccc1N. The summed E-state index contributed by atoms with van der Waals surface area (Å²) in [5.41, 5.74) is 7.04.